The van der Waals surface area contributed by atoms with Crippen LogP contribution in [0.1, 0.15) is 26.2 Å². The number of carbonyl (C=O) groups is 2. The Morgan fingerprint density at radius 1 is 1.08 bits per heavy atom. The molecule has 6 rings (SSSR count). The van der Waals surface area contributed by atoms with Gasteiger partial charge in [-0.1, -0.05) is 18.2 Å². The van der Waals surface area contributed by atoms with Crippen molar-refractivity contribution in [3.05, 3.63) is 65.1 Å². The molecule has 0 aliphatic carbocycles. The van der Waals surface area contributed by atoms with Crippen LogP contribution in [-0.2, 0) is 9.59 Å². The summed E-state index contributed by atoms with van der Waals surface area (Å²) in [5.41, 5.74) is 2.27. The molecule has 1 aliphatic heterocycles. The summed E-state index contributed by atoms with van der Waals surface area (Å²) in [5, 5.41) is 6.14. The molecule has 1 aliphatic rings. The second-order valence-corrected chi connectivity index (χ2v) is 9.31. The average Bonchev–Trinajstić information content (AvgIpc) is 3.46. The van der Waals surface area contributed by atoms with E-state index < -0.39 is 6.10 Å². The number of nitrogens with zero attached hydrogens (tertiary/aromatic N) is 3. The number of nitrogens with one attached hydrogen (secondary N) is 1. The SMILES string of the molecule is C[C@@H](Oc1ccc2c(c1)c1ccnc3c4ccccc4c(=O)n2c13)C(=O)NCCCN1CCCC1=O. The van der Waals surface area contributed by atoms with Crippen molar-refractivity contribution < 1.29 is 14.3 Å². The first-order valence-corrected chi connectivity index (χ1v) is 12.3. The van der Waals surface area contributed by atoms with Gasteiger partial charge in [-0.3, -0.25) is 23.8 Å². The molecule has 1 atom stereocenters. The van der Waals surface area contributed by atoms with Crippen LogP contribution in [0, 0.1) is 0 Å². The molecule has 1 saturated heterocycles. The highest BCUT2D eigenvalue weighted by atomic mass is 16.5. The predicted molar refractivity (Wildman–Crippen MR) is 139 cm³/mol. The zero-order valence-electron chi connectivity index (χ0n) is 20.0. The molecule has 5 aromatic rings. The van der Waals surface area contributed by atoms with Gasteiger partial charge in [0.05, 0.1) is 16.6 Å². The molecular weight excluding hydrogens is 456 g/mol. The topological polar surface area (TPSA) is 93.0 Å². The first kappa shape index (κ1) is 22.3. The van der Waals surface area contributed by atoms with Gasteiger partial charge in [0.1, 0.15) is 5.75 Å². The molecule has 0 spiro atoms. The molecule has 2 aromatic carbocycles. The lowest BCUT2D eigenvalue weighted by Gasteiger charge is -2.17. The first-order valence-electron chi connectivity index (χ1n) is 12.3. The minimum atomic E-state index is -0.692. The number of fused-ring (bicyclic) bond motifs is 5. The van der Waals surface area contributed by atoms with Crippen molar-refractivity contribution in [2.75, 3.05) is 19.6 Å². The Kier molecular flexibility index (Phi) is 5.44. The van der Waals surface area contributed by atoms with Crippen LogP contribution in [0.3, 0.4) is 0 Å². The van der Waals surface area contributed by atoms with Crippen LogP contribution < -0.4 is 15.6 Å². The van der Waals surface area contributed by atoms with Gasteiger partial charge in [-0.15, -0.1) is 0 Å². The van der Waals surface area contributed by atoms with Crippen molar-refractivity contribution in [2.24, 2.45) is 0 Å². The van der Waals surface area contributed by atoms with E-state index in [-0.39, 0.29) is 17.4 Å². The summed E-state index contributed by atoms with van der Waals surface area (Å²) in [4.78, 5) is 44.1. The van der Waals surface area contributed by atoms with Gasteiger partial charge in [0.25, 0.3) is 11.5 Å². The lowest BCUT2D eigenvalue weighted by atomic mass is 10.1. The van der Waals surface area contributed by atoms with Crippen LogP contribution in [0.4, 0.5) is 0 Å². The van der Waals surface area contributed by atoms with Gasteiger partial charge in [-0.2, -0.15) is 0 Å². The molecule has 0 saturated carbocycles. The summed E-state index contributed by atoms with van der Waals surface area (Å²) < 4.78 is 7.69. The van der Waals surface area contributed by atoms with E-state index in [9.17, 15) is 14.4 Å². The molecule has 2 amide bonds. The summed E-state index contributed by atoms with van der Waals surface area (Å²) in [6, 6.07) is 15.0. The van der Waals surface area contributed by atoms with E-state index in [0.717, 1.165) is 45.7 Å². The third-order valence-electron chi connectivity index (χ3n) is 7.02. The van der Waals surface area contributed by atoms with E-state index in [0.29, 0.717) is 37.1 Å². The quantitative estimate of drug-likeness (QED) is 0.283. The van der Waals surface area contributed by atoms with Crippen LogP contribution in [0.5, 0.6) is 5.75 Å². The average molecular weight is 483 g/mol. The third-order valence-corrected chi connectivity index (χ3v) is 7.02. The number of hydrogen-bond acceptors (Lipinski definition) is 5. The molecule has 8 heteroatoms. The molecule has 0 radical (unpaired) electrons. The summed E-state index contributed by atoms with van der Waals surface area (Å²) >= 11 is 0. The fourth-order valence-electron chi connectivity index (χ4n) is 5.25. The Bertz CT molecular complexity index is 1690. The van der Waals surface area contributed by atoms with Crippen molar-refractivity contribution in [2.45, 2.75) is 32.3 Å². The number of carbonyl (C=O) groups excluding carboxylic acids is 2. The van der Waals surface area contributed by atoms with Gasteiger partial charge >= 0.3 is 0 Å². The number of ether oxygens (including phenoxy) is 1. The van der Waals surface area contributed by atoms with E-state index in [1.165, 1.54) is 0 Å². The van der Waals surface area contributed by atoms with E-state index >= 15 is 0 Å². The Balaban J connectivity index is 1.25. The number of amides is 2. The van der Waals surface area contributed by atoms with Gasteiger partial charge < -0.3 is 15.0 Å². The first-order chi connectivity index (χ1) is 17.5. The van der Waals surface area contributed by atoms with Crippen LogP contribution >= 0.6 is 0 Å². The highest BCUT2D eigenvalue weighted by Gasteiger charge is 2.21. The number of likely N-dealkylation sites (tertiary alicyclic amines) is 1. The molecule has 1 fully saturated rings. The minimum Gasteiger partial charge on any atom is -0.481 e. The molecular formula is C28H26N4O4. The Morgan fingerprint density at radius 3 is 2.72 bits per heavy atom. The molecule has 182 valence electrons. The van der Waals surface area contributed by atoms with Crippen LogP contribution in [0.15, 0.2) is 59.5 Å². The highest BCUT2D eigenvalue weighted by Crippen LogP contribution is 2.34. The molecule has 3 aromatic heterocycles. The van der Waals surface area contributed by atoms with Gasteiger partial charge in [0.15, 0.2) is 6.10 Å². The van der Waals surface area contributed by atoms with Gasteiger partial charge in [0, 0.05) is 53.8 Å². The Labute approximate surface area is 206 Å². The second-order valence-electron chi connectivity index (χ2n) is 9.31. The van der Waals surface area contributed by atoms with E-state index in [4.69, 9.17) is 4.74 Å². The summed E-state index contributed by atoms with van der Waals surface area (Å²) in [5.74, 6) is 0.536. The Hall–Kier alpha value is -4.20. The van der Waals surface area contributed by atoms with Crippen molar-refractivity contribution in [3.63, 3.8) is 0 Å². The summed E-state index contributed by atoms with van der Waals surface area (Å²) in [6.07, 6.45) is 3.32. The monoisotopic (exact) mass is 482 g/mol. The molecule has 0 bridgehead atoms. The highest BCUT2D eigenvalue weighted by molar-refractivity contribution is 6.18. The normalized spacial score (nSPS) is 14.9. The summed E-state index contributed by atoms with van der Waals surface area (Å²) in [6.45, 7) is 3.67. The Morgan fingerprint density at radius 2 is 1.92 bits per heavy atom. The van der Waals surface area contributed by atoms with Gasteiger partial charge in [0.2, 0.25) is 5.91 Å². The maximum atomic E-state index is 13.4. The number of rotatable bonds is 7. The van der Waals surface area contributed by atoms with E-state index in [2.05, 4.69) is 10.3 Å². The minimum absolute atomic E-state index is 0.0804. The molecule has 8 nitrogen and oxygen atoms in total. The zero-order chi connectivity index (χ0) is 24.8. The van der Waals surface area contributed by atoms with E-state index in [1.54, 1.807) is 23.6 Å². The second kappa shape index (κ2) is 8.78. The molecule has 4 heterocycles. The number of aromatic nitrogens is 2. The van der Waals surface area contributed by atoms with Crippen molar-refractivity contribution in [1.29, 1.82) is 0 Å². The van der Waals surface area contributed by atoms with Crippen LogP contribution in [0.2, 0.25) is 0 Å². The molecule has 1 N–H and O–H groups in total. The fraction of sp³-hybridized carbons (Fsp3) is 0.286. The fourth-order valence-corrected chi connectivity index (χ4v) is 5.25. The maximum Gasteiger partial charge on any atom is 0.263 e. The number of hydrogen-bond donors (Lipinski definition) is 1. The van der Waals surface area contributed by atoms with Crippen molar-refractivity contribution >= 4 is 49.9 Å². The van der Waals surface area contributed by atoms with Crippen molar-refractivity contribution in [1.82, 2.24) is 19.6 Å². The van der Waals surface area contributed by atoms with Crippen molar-refractivity contribution in [3.8, 4) is 5.75 Å². The van der Waals surface area contributed by atoms with Crippen LogP contribution in [-0.4, -0.2) is 51.8 Å². The maximum absolute atomic E-state index is 13.4. The predicted octanol–water partition coefficient (Wildman–Crippen LogP) is 3.49. The van der Waals surface area contributed by atoms with Gasteiger partial charge in [-0.25, -0.2) is 0 Å². The van der Waals surface area contributed by atoms with E-state index in [1.807, 2.05) is 47.4 Å². The lowest BCUT2D eigenvalue weighted by Crippen LogP contribution is -2.38. The largest absolute Gasteiger partial charge is 0.481 e. The third kappa shape index (κ3) is 3.61. The number of benzene rings is 2. The smallest absolute Gasteiger partial charge is 0.263 e. The summed E-state index contributed by atoms with van der Waals surface area (Å²) in [7, 11) is 0. The number of pyridine rings is 2. The van der Waals surface area contributed by atoms with Crippen LogP contribution in [0.25, 0.3) is 38.1 Å². The molecule has 36 heavy (non-hydrogen) atoms. The standard InChI is InChI=1S/C28H26N4O4/c1-17(27(34)30-12-5-15-31-14-4-8-24(31)33)36-18-9-10-23-22(16-18)20-11-13-29-25-19-6-2-3-7-21(19)28(35)32(23)26(20)25/h2-3,6-7,9-11,13,16-17H,4-5,8,12,14-15H2,1H3,(H,30,34)/t17-/m1/s1. The molecule has 0 unspecified atom stereocenters. The zero-order valence-corrected chi connectivity index (χ0v) is 20.0. The van der Waals surface area contributed by atoms with Gasteiger partial charge in [-0.05, 0) is 50.1 Å². The lowest BCUT2D eigenvalue weighted by molar-refractivity contribution is -0.127.